The quantitative estimate of drug-likeness (QED) is 0.565. The fraction of sp³-hybridized carbons (Fsp3) is 0.0526. The summed E-state index contributed by atoms with van der Waals surface area (Å²) in [7, 11) is 0. The highest BCUT2D eigenvalue weighted by molar-refractivity contribution is 7.18. The second-order valence-corrected chi connectivity index (χ2v) is 7.07. The number of nitrogen functional groups attached to an aromatic ring is 1. The van der Waals surface area contributed by atoms with Gasteiger partial charge in [-0.05, 0) is 35.9 Å². The molecule has 3 heterocycles. The molecule has 1 aromatic carbocycles. The number of thiazole rings is 1. The molecular formula is C19H14ClN5S. The molecule has 4 rings (SSSR count). The van der Waals surface area contributed by atoms with Crippen LogP contribution in [0.5, 0.6) is 0 Å². The normalized spacial score (nSPS) is 10.8. The predicted molar refractivity (Wildman–Crippen MR) is 105 cm³/mol. The smallest absolute Gasteiger partial charge is 0.220 e. The molecule has 0 bridgehead atoms. The van der Waals surface area contributed by atoms with Crippen LogP contribution in [-0.4, -0.2) is 19.9 Å². The van der Waals surface area contributed by atoms with E-state index in [2.05, 4.69) is 15.0 Å². The number of halogens is 1. The molecule has 0 radical (unpaired) electrons. The topological polar surface area (TPSA) is 77.6 Å². The van der Waals surface area contributed by atoms with Gasteiger partial charge in [-0.2, -0.15) is 0 Å². The van der Waals surface area contributed by atoms with Crippen molar-refractivity contribution in [3.8, 4) is 21.1 Å². The number of anilines is 1. The minimum atomic E-state index is 0.249. The standard InChI is InChI=1S/C19H14ClN5S/c20-14-3-1-12(2-4-14)11-16-17(15-7-10-23-19(21)25-15)26-18(24-16)13-5-8-22-9-6-13/h1-10H,11H2,(H2,21,23,25). The van der Waals surface area contributed by atoms with E-state index in [0.717, 1.165) is 32.4 Å². The maximum absolute atomic E-state index is 5.99. The molecule has 3 aromatic heterocycles. The Balaban J connectivity index is 1.79. The van der Waals surface area contributed by atoms with Crippen molar-refractivity contribution in [1.82, 2.24) is 19.9 Å². The van der Waals surface area contributed by atoms with E-state index in [1.165, 1.54) is 0 Å². The zero-order valence-electron chi connectivity index (χ0n) is 13.6. The van der Waals surface area contributed by atoms with Crippen molar-refractivity contribution < 1.29 is 0 Å². The summed E-state index contributed by atoms with van der Waals surface area (Å²) in [6.07, 6.45) is 5.86. The number of pyridine rings is 1. The molecule has 0 fully saturated rings. The molecule has 0 aliphatic heterocycles. The molecular weight excluding hydrogens is 366 g/mol. The van der Waals surface area contributed by atoms with Crippen molar-refractivity contribution in [1.29, 1.82) is 0 Å². The van der Waals surface area contributed by atoms with Gasteiger partial charge >= 0.3 is 0 Å². The monoisotopic (exact) mass is 379 g/mol. The predicted octanol–water partition coefficient (Wildman–Crippen LogP) is 4.49. The largest absolute Gasteiger partial charge is 0.368 e. The van der Waals surface area contributed by atoms with Crippen molar-refractivity contribution in [2.24, 2.45) is 0 Å². The Morgan fingerprint density at radius 1 is 0.923 bits per heavy atom. The van der Waals surface area contributed by atoms with Gasteiger partial charge < -0.3 is 5.73 Å². The zero-order chi connectivity index (χ0) is 17.9. The lowest BCUT2D eigenvalue weighted by Gasteiger charge is -2.03. The van der Waals surface area contributed by atoms with E-state index in [-0.39, 0.29) is 5.95 Å². The van der Waals surface area contributed by atoms with Crippen LogP contribution in [0.15, 0.2) is 61.1 Å². The lowest BCUT2D eigenvalue weighted by atomic mass is 10.1. The number of benzene rings is 1. The highest BCUT2D eigenvalue weighted by atomic mass is 35.5. The fourth-order valence-electron chi connectivity index (χ4n) is 2.59. The van der Waals surface area contributed by atoms with Crippen molar-refractivity contribution in [3.05, 3.63) is 77.3 Å². The summed E-state index contributed by atoms with van der Waals surface area (Å²) in [5.74, 6) is 0.249. The molecule has 26 heavy (non-hydrogen) atoms. The molecule has 0 aliphatic carbocycles. The van der Waals surface area contributed by atoms with Crippen LogP contribution in [0.2, 0.25) is 5.02 Å². The summed E-state index contributed by atoms with van der Waals surface area (Å²) < 4.78 is 0. The van der Waals surface area contributed by atoms with E-state index in [4.69, 9.17) is 22.3 Å². The van der Waals surface area contributed by atoms with Gasteiger partial charge in [0.05, 0.1) is 16.3 Å². The van der Waals surface area contributed by atoms with Gasteiger partial charge in [0.25, 0.3) is 0 Å². The average Bonchev–Trinajstić information content (AvgIpc) is 3.08. The first-order valence-electron chi connectivity index (χ1n) is 7.92. The second kappa shape index (κ2) is 7.19. The minimum Gasteiger partial charge on any atom is -0.368 e. The SMILES string of the molecule is Nc1nccc(-c2sc(-c3ccncc3)nc2Cc2ccc(Cl)cc2)n1. The van der Waals surface area contributed by atoms with Gasteiger partial charge in [0.15, 0.2) is 0 Å². The molecule has 0 aliphatic rings. The molecule has 0 atom stereocenters. The van der Waals surface area contributed by atoms with Crippen molar-refractivity contribution in [2.45, 2.75) is 6.42 Å². The molecule has 0 spiro atoms. The van der Waals surface area contributed by atoms with E-state index in [1.807, 2.05) is 42.5 Å². The molecule has 0 unspecified atom stereocenters. The Morgan fingerprint density at radius 2 is 1.69 bits per heavy atom. The number of aromatic nitrogens is 4. The maximum Gasteiger partial charge on any atom is 0.220 e. The minimum absolute atomic E-state index is 0.249. The van der Waals surface area contributed by atoms with Crippen molar-refractivity contribution >= 4 is 28.9 Å². The van der Waals surface area contributed by atoms with Crippen LogP contribution in [-0.2, 0) is 6.42 Å². The van der Waals surface area contributed by atoms with E-state index < -0.39 is 0 Å². The number of rotatable bonds is 4. The molecule has 0 saturated carbocycles. The number of nitrogens with two attached hydrogens (primary N) is 1. The highest BCUT2D eigenvalue weighted by Crippen LogP contribution is 2.35. The van der Waals surface area contributed by atoms with Crippen molar-refractivity contribution in [2.75, 3.05) is 5.73 Å². The Hall–Kier alpha value is -2.83. The number of hydrogen-bond donors (Lipinski definition) is 1. The van der Waals surface area contributed by atoms with Crippen LogP contribution in [0, 0.1) is 0 Å². The second-order valence-electron chi connectivity index (χ2n) is 5.63. The number of nitrogens with zero attached hydrogens (tertiary/aromatic N) is 4. The van der Waals surface area contributed by atoms with Crippen LogP contribution in [0.25, 0.3) is 21.1 Å². The first-order valence-corrected chi connectivity index (χ1v) is 9.12. The van der Waals surface area contributed by atoms with E-state index in [9.17, 15) is 0 Å². The lowest BCUT2D eigenvalue weighted by molar-refractivity contribution is 1.10. The van der Waals surface area contributed by atoms with E-state index >= 15 is 0 Å². The van der Waals surface area contributed by atoms with Crippen molar-refractivity contribution in [3.63, 3.8) is 0 Å². The fourth-order valence-corrected chi connectivity index (χ4v) is 3.77. The summed E-state index contributed by atoms with van der Waals surface area (Å²) in [6.45, 7) is 0. The van der Waals surface area contributed by atoms with Gasteiger partial charge in [-0.1, -0.05) is 23.7 Å². The number of hydrogen-bond acceptors (Lipinski definition) is 6. The molecule has 2 N–H and O–H groups in total. The summed E-state index contributed by atoms with van der Waals surface area (Å²) in [5, 5.41) is 1.64. The molecule has 0 amide bonds. The zero-order valence-corrected chi connectivity index (χ0v) is 15.2. The van der Waals surface area contributed by atoms with Gasteiger partial charge in [-0.25, -0.2) is 15.0 Å². The summed E-state index contributed by atoms with van der Waals surface area (Å²) in [4.78, 5) is 18.3. The van der Waals surface area contributed by atoms with Crippen LogP contribution in [0.4, 0.5) is 5.95 Å². The summed E-state index contributed by atoms with van der Waals surface area (Å²) >= 11 is 7.58. The molecule has 128 valence electrons. The Bertz CT molecular complexity index is 1030. The Labute approximate surface area is 159 Å². The summed E-state index contributed by atoms with van der Waals surface area (Å²) in [6, 6.07) is 13.5. The first kappa shape index (κ1) is 16.6. The molecule has 5 nitrogen and oxygen atoms in total. The van der Waals surface area contributed by atoms with E-state index in [1.54, 1.807) is 29.9 Å². The molecule has 0 saturated heterocycles. The third-order valence-electron chi connectivity index (χ3n) is 3.82. The van der Waals surface area contributed by atoms with Crippen LogP contribution in [0.1, 0.15) is 11.3 Å². The van der Waals surface area contributed by atoms with Crippen LogP contribution >= 0.6 is 22.9 Å². The third kappa shape index (κ3) is 3.56. The van der Waals surface area contributed by atoms with Crippen LogP contribution in [0.3, 0.4) is 0 Å². The molecule has 7 heteroatoms. The Kier molecular flexibility index (Phi) is 4.60. The van der Waals surface area contributed by atoms with Gasteiger partial charge in [0, 0.05) is 35.6 Å². The highest BCUT2D eigenvalue weighted by Gasteiger charge is 2.16. The van der Waals surface area contributed by atoms with Gasteiger partial charge in [0.2, 0.25) is 5.95 Å². The van der Waals surface area contributed by atoms with Crippen LogP contribution < -0.4 is 5.73 Å². The van der Waals surface area contributed by atoms with Gasteiger partial charge in [-0.15, -0.1) is 11.3 Å². The van der Waals surface area contributed by atoms with Gasteiger partial charge in [0.1, 0.15) is 5.01 Å². The lowest BCUT2D eigenvalue weighted by Crippen LogP contribution is -1.96. The van der Waals surface area contributed by atoms with Gasteiger partial charge in [-0.3, -0.25) is 4.98 Å². The average molecular weight is 380 g/mol. The third-order valence-corrected chi connectivity index (χ3v) is 5.24. The maximum atomic E-state index is 5.99. The summed E-state index contributed by atoms with van der Waals surface area (Å²) in [5.41, 5.74) is 9.65. The molecule has 4 aromatic rings. The Morgan fingerprint density at radius 3 is 2.42 bits per heavy atom. The van der Waals surface area contributed by atoms with E-state index in [0.29, 0.717) is 11.4 Å². The first-order chi connectivity index (χ1) is 12.7.